The summed E-state index contributed by atoms with van der Waals surface area (Å²) in [6.07, 6.45) is -4.51. The molecule has 0 unspecified atom stereocenters. The van der Waals surface area contributed by atoms with Gasteiger partial charge in [-0.25, -0.2) is 4.79 Å². The molecule has 0 saturated carbocycles. The maximum atomic E-state index is 12.0. The minimum atomic E-state index is -4.51. The van der Waals surface area contributed by atoms with E-state index in [-0.39, 0.29) is 5.56 Å². The van der Waals surface area contributed by atoms with Crippen LogP contribution in [0.3, 0.4) is 0 Å². The maximum Gasteiger partial charge on any atom is 0.422 e. The van der Waals surface area contributed by atoms with Gasteiger partial charge >= 0.3 is 12.1 Å². The van der Waals surface area contributed by atoms with Gasteiger partial charge in [-0.3, -0.25) is 0 Å². The molecule has 0 spiro atoms. The molecule has 94 valence electrons. The normalized spacial score (nSPS) is 11.5. The van der Waals surface area contributed by atoms with E-state index in [1.807, 2.05) is 0 Å². The first-order valence-electron chi connectivity index (χ1n) is 5.19. The summed E-state index contributed by atoms with van der Waals surface area (Å²) < 4.78 is 40.1. The Bertz CT molecular complexity index is 570. The minimum absolute atomic E-state index is 0.136. The van der Waals surface area contributed by atoms with Crippen molar-refractivity contribution in [3.05, 3.63) is 48.0 Å². The molecule has 2 rings (SSSR count). The molecule has 5 heteroatoms. The van der Waals surface area contributed by atoms with Crippen LogP contribution in [0.15, 0.2) is 42.5 Å². The average Bonchev–Trinajstić information content (AvgIpc) is 2.34. The first-order valence-corrected chi connectivity index (χ1v) is 5.19. The summed E-state index contributed by atoms with van der Waals surface area (Å²) in [7, 11) is 0. The van der Waals surface area contributed by atoms with Crippen molar-refractivity contribution in [3.8, 4) is 0 Å². The molecule has 0 bridgehead atoms. The van der Waals surface area contributed by atoms with Gasteiger partial charge in [0.25, 0.3) is 0 Å². The van der Waals surface area contributed by atoms with Gasteiger partial charge in [0, 0.05) is 0 Å². The number of hydrogen-bond acceptors (Lipinski definition) is 2. The largest absolute Gasteiger partial charge is 0.452 e. The van der Waals surface area contributed by atoms with Gasteiger partial charge in [0.2, 0.25) is 0 Å². The summed E-state index contributed by atoms with van der Waals surface area (Å²) in [5.74, 6) is -0.968. The van der Waals surface area contributed by atoms with Crippen molar-refractivity contribution in [1.82, 2.24) is 0 Å². The highest BCUT2D eigenvalue weighted by molar-refractivity contribution is 6.04. The fraction of sp³-hybridized carbons (Fsp3) is 0.154. The van der Waals surface area contributed by atoms with Gasteiger partial charge < -0.3 is 4.74 Å². The summed E-state index contributed by atoms with van der Waals surface area (Å²) in [6.45, 7) is -1.57. The van der Waals surface area contributed by atoms with Crippen molar-refractivity contribution >= 4 is 16.7 Å². The first kappa shape index (κ1) is 12.4. The van der Waals surface area contributed by atoms with Crippen molar-refractivity contribution < 1.29 is 22.7 Å². The van der Waals surface area contributed by atoms with E-state index in [2.05, 4.69) is 4.74 Å². The Kier molecular flexibility index (Phi) is 3.23. The molecule has 0 aliphatic rings. The van der Waals surface area contributed by atoms with E-state index in [0.717, 1.165) is 5.39 Å². The second-order valence-electron chi connectivity index (χ2n) is 3.72. The van der Waals surface area contributed by atoms with Crippen LogP contribution in [-0.2, 0) is 4.74 Å². The van der Waals surface area contributed by atoms with Crippen molar-refractivity contribution in [1.29, 1.82) is 0 Å². The van der Waals surface area contributed by atoms with Crippen molar-refractivity contribution in [2.75, 3.05) is 6.61 Å². The van der Waals surface area contributed by atoms with Crippen LogP contribution < -0.4 is 0 Å². The van der Waals surface area contributed by atoms with Crippen LogP contribution in [0, 0.1) is 0 Å². The number of carbonyl (C=O) groups is 1. The molecule has 18 heavy (non-hydrogen) atoms. The number of rotatable bonds is 2. The number of carbonyl (C=O) groups excluding carboxylic acids is 1. The SMILES string of the molecule is O=C(OCC(F)(F)F)c1cccc2ccccc12. The number of alkyl halides is 3. The molecule has 0 aliphatic heterocycles. The number of hydrogen-bond donors (Lipinski definition) is 0. The molecular weight excluding hydrogens is 245 g/mol. The molecule has 0 saturated heterocycles. The zero-order valence-electron chi connectivity index (χ0n) is 9.20. The van der Waals surface area contributed by atoms with E-state index >= 15 is 0 Å². The third-order valence-corrected chi connectivity index (χ3v) is 2.38. The Hall–Kier alpha value is -2.04. The zero-order chi connectivity index (χ0) is 13.2. The third-order valence-electron chi connectivity index (χ3n) is 2.38. The van der Waals surface area contributed by atoms with Crippen molar-refractivity contribution in [2.24, 2.45) is 0 Å². The Morgan fingerprint density at radius 3 is 2.44 bits per heavy atom. The standard InChI is InChI=1S/C13H9F3O2/c14-13(15,16)8-18-12(17)11-7-3-5-9-4-1-2-6-10(9)11/h1-7H,8H2. The average molecular weight is 254 g/mol. The number of halogens is 3. The molecule has 0 radical (unpaired) electrons. The summed E-state index contributed by atoms with van der Waals surface area (Å²) in [6, 6.07) is 11.8. The van der Waals surface area contributed by atoms with Crippen LogP contribution in [0.25, 0.3) is 10.8 Å². The summed E-state index contributed by atoms with van der Waals surface area (Å²) in [5, 5.41) is 1.35. The second-order valence-corrected chi connectivity index (χ2v) is 3.72. The molecule has 0 heterocycles. The molecule has 0 aliphatic carbocycles. The Morgan fingerprint density at radius 1 is 1.06 bits per heavy atom. The Labute approximate surface area is 101 Å². The Balaban J connectivity index is 2.28. The quantitative estimate of drug-likeness (QED) is 0.766. The zero-order valence-corrected chi connectivity index (χ0v) is 9.20. The molecule has 0 atom stereocenters. The molecule has 0 N–H and O–H groups in total. The van der Waals surface area contributed by atoms with Gasteiger partial charge in [0.1, 0.15) is 0 Å². The van der Waals surface area contributed by atoms with Crippen LogP contribution in [0.1, 0.15) is 10.4 Å². The van der Waals surface area contributed by atoms with Crippen LogP contribution in [-0.4, -0.2) is 18.8 Å². The first-order chi connectivity index (χ1) is 8.47. The molecule has 2 nitrogen and oxygen atoms in total. The van der Waals surface area contributed by atoms with E-state index in [1.54, 1.807) is 36.4 Å². The van der Waals surface area contributed by atoms with Crippen molar-refractivity contribution in [2.45, 2.75) is 6.18 Å². The lowest BCUT2D eigenvalue weighted by Gasteiger charge is -2.09. The van der Waals surface area contributed by atoms with E-state index in [0.29, 0.717) is 5.39 Å². The second kappa shape index (κ2) is 4.68. The Morgan fingerprint density at radius 2 is 1.72 bits per heavy atom. The molecule has 0 aromatic heterocycles. The third kappa shape index (κ3) is 2.80. The summed E-state index contributed by atoms with van der Waals surface area (Å²) >= 11 is 0. The predicted molar refractivity (Wildman–Crippen MR) is 60.3 cm³/mol. The van der Waals surface area contributed by atoms with Crippen LogP contribution in [0.4, 0.5) is 13.2 Å². The molecule has 0 fully saturated rings. The van der Waals surface area contributed by atoms with Crippen LogP contribution in [0.5, 0.6) is 0 Å². The molecule has 2 aromatic rings. The summed E-state index contributed by atoms with van der Waals surface area (Å²) in [4.78, 5) is 11.6. The minimum Gasteiger partial charge on any atom is -0.452 e. The van der Waals surface area contributed by atoms with Gasteiger partial charge in [0.05, 0.1) is 5.56 Å². The lowest BCUT2D eigenvalue weighted by molar-refractivity contribution is -0.161. The van der Waals surface area contributed by atoms with E-state index in [4.69, 9.17) is 0 Å². The van der Waals surface area contributed by atoms with Crippen LogP contribution in [0.2, 0.25) is 0 Å². The van der Waals surface area contributed by atoms with Crippen molar-refractivity contribution in [3.63, 3.8) is 0 Å². The predicted octanol–water partition coefficient (Wildman–Crippen LogP) is 3.56. The number of fused-ring (bicyclic) bond motifs is 1. The topological polar surface area (TPSA) is 26.3 Å². The fourth-order valence-corrected chi connectivity index (χ4v) is 1.63. The fourth-order valence-electron chi connectivity index (χ4n) is 1.63. The molecule has 2 aromatic carbocycles. The van der Waals surface area contributed by atoms with Gasteiger partial charge in [0.15, 0.2) is 6.61 Å². The number of benzene rings is 2. The van der Waals surface area contributed by atoms with Gasteiger partial charge in [-0.2, -0.15) is 13.2 Å². The lowest BCUT2D eigenvalue weighted by Crippen LogP contribution is -2.20. The highest BCUT2D eigenvalue weighted by Crippen LogP contribution is 2.21. The van der Waals surface area contributed by atoms with Gasteiger partial charge in [-0.05, 0) is 16.8 Å². The van der Waals surface area contributed by atoms with Crippen LogP contribution >= 0.6 is 0 Å². The van der Waals surface area contributed by atoms with E-state index in [1.165, 1.54) is 6.07 Å². The highest BCUT2D eigenvalue weighted by atomic mass is 19.4. The van der Waals surface area contributed by atoms with E-state index < -0.39 is 18.8 Å². The number of esters is 1. The monoisotopic (exact) mass is 254 g/mol. The summed E-state index contributed by atoms with van der Waals surface area (Å²) in [5.41, 5.74) is 0.136. The van der Waals surface area contributed by atoms with Gasteiger partial charge in [-0.15, -0.1) is 0 Å². The lowest BCUT2D eigenvalue weighted by atomic mass is 10.1. The smallest absolute Gasteiger partial charge is 0.422 e. The molecule has 0 amide bonds. The van der Waals surface area contributed by atoms with Gasteiger partial charge in [-0.1, -0.05) is 36.4 Å². The number of ether oxygens (including phenoxy) is 1. The highest BCUT2D eigenvalue weighted by Gasteiger charge is 2.30. The maximum absolute atomic E-state index is 12.0. The molecular formula is C13H9F3O2. The van der Waals surface area contributed by atoms with E-state index in [9.17, 15) is 18.0 Å².